The van der Waals surface area contributed by atoms with Crippen molar-refractivity contribution in [1.82, 2.24) is 5.32 Å². The highest BCUT2D eigenvalue weighted by Gasteiger charge is 2.44. The van der Waals surface area contributed by atoms with Crippen LogP contribution in [0.1, 0.15) is 46.5 Å². The highest BCUT2D eigenvalue weighted by atomic mass is 16.5. The Kier molecular flexibility index (Phi) is 4.55. The second-order valence-corrected chi connectivity index (χ2v) is 6.18. The summed E-state index contributed by atoms with van der Waals surface area (Å²) in [4.78, 5) is 11.2. The van der Waals surface area contributed by atoms with E-state index in [9.17, 15) is 9.90 Å². The maximum absolute atomic E-state index is 11.2. The maximum atomic E-state index is 11.2. The molecule has 0 aromatic heterocycles. The summed E-state index contributed by atoms with van der Waals surface area (Å²) in [7, 11) is 1.71. The predicted octanol–water partition coefficient (Wildman–Crippen LogP) is 2.03. The molecule has 1 aliphatic rings. The second-order valence-electron chi connectivity index (χ2n) is 6.18. The summed E-state index contributed by atoms with van der Waals surface area (Å²) in [5, 5.41) is 12.2. The van der Waals surface area contributed by atoms with E-state index in [2.05, 4.69) is 26.1 Å². The van der Waals surface area contributed by atoms with E-state index >= 15 is 0 Å². The topological polar surface area (TPSA) is 58.6 Å². The Bertz CT molecular complexity index is 272. The van der Waals surface area contributed by atoms with Crippen molar-refractivity contribution in [3.8, 4) is 0 Å². The van der Waals surface area contributed by atoms with Gasteiger partial charge in [-0.2, -0.15) is 0 Å². The summed E-state index contributed by atoms with van der Waals surface area (Å²) in [5.74, 6) is -0.762. The Morgan fingerprint density at radius 3 is 2.59 bits per heavy atom. The van der Waals surface area contributed by atoms with Crippen molar-refractivity contribution in [2.75, 3.05) is 13.7 Å². The van der Waals surface area contributed by atoms with Crippen LogP contribution in [0.3, 0.4) is 0 Å². The van der Waals surface area contributed by atoms with Crippen LogP contribution < -0.4 is 5.32 Å². The second kappa shape index (κ2) is 5.36. The quantitative estimate of drug-likeness (QED) is 0.775. The molecular formula is C13H25NO3. The summed E-state index contributed by atoms with van der Waals surface area (Å²) in [5.41, 5.74) is -0.502. The molecule has 0 bridgehead atoms. The van der Waals surface area contributed by atoms with E-state index in [1.807, 2.05) is 0 Å². The first-order chi connectivity index (χ1) is 7.79. The predicted molar refractivity (Wildman–Crippen MR) is 67.1 cm³/mol. The number of likely N-dealkylation sites (N-methyl/N-ethyl adjacent to an activating group) is 1. The third-order valence-electron chi connectivity index (χ3n) is 3.56. The molecular weight excluding hydrogens is 218 g/mol. The van der Waals surface area contributed by atoms with E-state index in [-0.39, 0.29) is 11.5 Å². The van der Waals surface area contributed by atoms with Gasteiger partial charge in [0.05, 0.1) is 6.10 Å². The highest BCUT2D eigenvalue weighted by molar-refractivity contribution is 5.79. The minimum absolute atomic E-state index is 0.0842. The molecule has 2 unspecified atom stereocenters. The Hall–Kier alpha value is -0.610. The molecule has 4 nitrogen and oxygen atoms in total. The van der Waals surface area contributed by atoms with E-state index < -0.39 is 11.5 Å². The third-order valence-corrected chi connectivity index (χ3v) is 3.56. The largest absolute Gasteiger partial charge is 0.480 e. The number of hydrogen-bond acceptors (Lipinski definition) is 3. The van der Waals surface area contributed by atoms with Crippen LogP contribution in [-0.2, 0) is 9.53 Å². The van der Waals surface area contributed by atoms with E-state index in [0.717, 1.165) is 12.8 Å². The van der Waals surface area contributed by atoms with Crippen LogP contribution in [-0.4, -0.2) is 36.4 Å². The molecule has 0 aliphatic heterocycles. The zero-order valence-electron chi connectivity index (χ0n) is 11.4. The van der Waals surface area contributed by atoms with Crippen LogP contribution in [0, 0.1) is 5.41 Å². The normalized spacial score (nSPS) is 29.5. The molecule has 0 heterocycles. The fourth-order valence-corrected chi connectivity index (χ4v) is 2.20. The molecule has 4 heteroatoms. The highest BCUT2D eigenvalue weighted by Crippen LogP contribution is 2.32. The number of rotatable bonds is 5. The first kappa shape index (κ1) is 14.5. The molecule has 0 aromatic rings. The van der Waals surface area contributed by atoms with E-state index in [1.165, 1.54) is 0 Å². The molecule has 100 valence electrons. The van der Waals surface area contributed by atoms with Crippen LogP contribution in [0.15, 0.2) is 0 Å². The van der Waals surface area contributed by atoms with Gasteiger partial charge in [0.2, 0.25) is 0 Å². The molecule has 1 aliphatic carbocycles. The Labute approximate surface area is 104 Å². The van der Waals surface area contributed by atoms with Gasteiger partial charge in [0, 0.05) is 13.0 Å². The van der Waals surface area contributed by atoms with E-state index in [1.54, 1.807) is 7.05 Å². The molecule has 2 N–H and O–H groups in total. The molecule has 0 spiro atoms. The van der Waals surface area contributed by atoms with Crippen LogP contribution in [0.5, 0.6) is 0 Å². The Morgan fingerprint density at radius 2 is 2.18 bits per heavy atom. The van der Waals surface area contributed by atoms with E-state index in [4.69, 9.17) is 4.74 Å². The van der Waals surface area contributed by atoms with Crippen molar-refractivity contribution >= 4 is 5.97 Å². The first-order valence-corrected chi connectivity index (χ1v) is 6.33. The monoisotopic (exact) mass is 243 g/mol. The molecule has 0 saturated heterocycles. The number of ether oxygens (including phenoxy) is 1. The van der Waals surface area contributed by atoms with Gasteiger partial charge >= 0.3 is 5.97 Å². The molecule has 1 fully saturated rings. The molecule has 0 radical (unpaired) electrons. The fraction of sp³-hybridized carbons (Fsp3) is 0.923. The maximum Gasteiger partial charge on any atom is 0.323 e. The zero-order chi connectivity index (χ0) is 13.1. The number of carboxylic acid groups (broad SMARTS) is 1. The van der Waals surface area contributed by atoms with Crippen molar-refractivity contribution < 1.29 is 14.6 Å². The lowest BCUT2D eigenvalue weighted by molar-refractivity contribution is -0.144. The van der Waals surface area contributed by atoms with Crippen LogP contribution in [0.4, 0.5) is 0 Å². The summed E-state index contributed by atoms with van der Waals surface area (Å²) < 4.78 is 5.78. The van der Waals surface area contributed by atoms with Gasteiger partial charge in [0.25, 0.3) is 0 Å². The minimum atomic E-state index is -0.771. The third kappa shape index (κ3) is 3.96. The van der Waals surface area contributed by atoms with Gasteiger partial charge in [0.1, 0.15) is 5.54 Å². The van der Waals surface area contributed by atoms with Crippen LogP contribution in [0.25, 0.3) is 0 Å². The van der Waals surface area contributed by atoms with Gasteiger partial charge < -0.3 is 15.2 Å². The standard InChI is InChI=1S/C13H25NO3/c1-12(2,3)7-8-17-10-5-6-13(9-10,14-4)11(15)16/h10,14H,5-9H2,1-4H3,(H,15,16). The number of carbonyl (C=O) groups is 1. The molecule has 0 amide bonds. The van der Waals surface area contributed by atoms with Crippen molar-refractivity contribution in [1.29, 1.82) is 0 Å². The molecule has 1 saturated carbocycles. The lowest BCUT2D eigenvalue weighted by Crippen LogP contribution is -2.48. The van der Waals surface area contributed by atoms with Crippen molar-refractivity contribution in [3.63, 3.8) is 0 Å². The number of carboxylic acids is 1. The lowest BCUT2D eigenvalue weighted by Gasteiger charge is -2.24. The van der Waals surface area contributed by atoms with Gasteiger partial charge in [-0.3, -0.25) is 4.79 Å². The van der Waals surface area contributed by atoms with Gasteiger partial charge in [-0.1, -0.05) is 20.8 Å². The average Bonchev–Trinajstić information content (AvgIpc) is 2.61. The minimum Gasteiger partial charge on any atom is -0.480 e. The molecule has 0 aromatic carbocycles. The Morgan fingerprint density at radius 1 is 1.53 bits per heavy atom. The molecule has 2 atom stereocenters. The van der Waals surface area contributed by atoms with Crippen molar-refractivity contribution in [2.45, 2.75) is 58.1 Å². The van der Waals surface area contributed by atoms with Gasteiger partial charge in [-0.25, -0.2) is 0 Å². The first-order valence-electron chi connectivity index (χ1n) is 6.33. The molecule has 17 heavy (non-hydrogen) atoms. The zero-order valence-corrected chi connectivity index (χ0v) is 11.4. The summed E-state index contributed by atoms with van der Waals surface area (Å²) in [6.07, 6.45) is 3.14. The fourth-order valence-electron chi connectivity index (χ4n) is 2.20. The van der Waals surface area contributed by atoms with Crippen molar-refractivity contribution in [3.05, 3.63) is 0 Å². The average molecular weight is 243 g/mol. The smallest absolute Gasteiger partial charge is 0.323 e. The van der Waals surface area contributed by atoms with Gasteiger partial charge in [0.15, 0.2) is 0 Å². The van der Waals surface area contributed by atoms with Gasteiger partial charge in [-0.05, 0) is 31.7 Å². The van der Waals surface area contributed by atoms with Crippen LogP contribution >= 0.6 is 0 Å². The summed E-state index contributed by atoms with van der Waals surface area (Å²) >= 11 is 0. The lowest BCUT2D eigenvalue weighted by atomic mass is 9.93. The van der Waals surface area contributed by atoms with E-state index in [0.29, 0.717) is 19.4 Å². The number of nitrogens with one attached hydrogen (secondary N) is 1. The van der Waals surface area contributed by atoms with Crippen molar-refractivity contribution in [2.24, 2.45) is 5.41 Å². The van der Waals surface area contributed by atoms with Gasteiger partial charge in [-0.15, -0.1) is 0 Å². The van der Waals surface area contributed by atoms with Crippen LogP contribution in [0.2, 0.25) is 0 Å². The summed E-state index contributed by atoms with van der Waals surface area (Å²) in [6.45, 7) is 7.26. The Balaban J connectivity index is 2.38. The molecule has 1 rings (SSSR count). The number of hydrogen-bond donors (Lipinski definition) is 2. The summed E-state index contributed by atoms with van der Waals surface area (Å²) in [6, 6.07) is 0. The SMILES string of the molecule is CNC1(C(=O)O)CCC(OCCC(C)(C)C)C1. The number of aliphatic carboxylic acids is 1.